The van der Waals surface area contributed by atoms with Crippen molar-refractivity contribution in [3.63, 3.8) is 0 Å². The Morgan fingerprint density at radius 2 is 2.14 bits per heavy atom. The van der Waals surface area contributed by atoms with Crippen LogP contribution in [0.15, 0.2) is 16.6 Å². The molecule has 29 heavy (non-hydrogen) atoms. The van der Waals surface area contributed by atoms with Crippen LogP contribution in [0.3, 0.4) is 0 Å². The molecule has 0 amide bonds. The summed E-state index contributed by atoms with van der Waals surface area (Å²) in [6.07, 6.45) is 8.39. The lowest BCUT2D eigenvalue weighted by Crippen LogP contribution is -2.16. The number of nitrogens with zero attached hydrogens (tertiary/aromatic N) is 1. The Morgan fingerprint density at radius 3 is 2.83 bits per heavy atom. The molecule has 0 aromatic heterocycles. The number of allylic oxidation sites excluding steroid dienone is 2. The molecule has 0 radical (unpaired) electrons. The van der Waals surface area contributed by atoms with E-state index in [-0.39, 0.29) is 24.2 Å². The summed E-state index contributed by atoms with van der Waals surface area (Å²) in [6.45, 7) is 2.01. The highest BCUT2D eigenvalue weighted by Gasteiger charge is 2.32. The molecule has 0 spiro atoms. The predicted molar refractivity (Wildman–Crippen MR) is 105 cm³/mol. The lowest BCUT2D eigenvalue weighted by Gasteiger charge is -2.25. The summed E-state index contributed by atoms with van der Waals surface area (Å²) >= 11 is 0. The molecule has 1 aliphatic carbocycles. The number of isocyanates is 1. The van der Waals surface area contributed by atoms with Crippen LogP contribution in [0, 0.1) is 12.8 Å². The molecule has 1 atom stereocenters. The first kappa shape index (κ1) is 20.8. The zero-order chi connectivity index (χ0) is 21.0. The van der Waals surface area contributed by atoms with Gasteiger partial charge in [-0.2, -0.15) is 4.99 Å². The Morgan fingerprint density at radius 1 is 1.34 bits per heavy atom. The Balaban J connectivity index is 2.04. The van der Waals surface area contributed by atoms with E-state index < -0.39 is 5.97 Å². The number of ether oxygens (including phenoxy) is 3. The molecule has 154 valence electrons. The third kappa shape index (κ3) is 4.10. The van der Waals surface area contributed by atoms with Crippen LogP contribution in [0.25, 0.3) is 0 Å². The first-order valence-electron chi connectivity index (χ1n) is 9.74. The first-order chi connectivity index (χ1) is 14.0. The molecule has 0 saturated heterocycles. The van der Waals surface area contributed by atoms with E-state index in [4.69, 9.17) is 14.2 Å². The number of carbonyl (C=O) groups excluding carboxylic acids is 3. The Bertz CT molecular complexity index is 911. The van der Waals surface area contributed by atoms with Gasteiger partial charge in [-0.05, 0) is 44.1 Å². The summed E-state index contributed by atoms with van der Waals surface area (Å²) < 4.78 is 15.6. The highest BCUT2D eigenvalue weighted by molar-refractivity contribution is 6.01. The van der Waals surface area contributed by atoms with Gasteiger partial charge >= 0.3 is 11.9 Å². The van der Waals surface area contributed by atoms with Gasteiger partial charge in [-0.25, -0.2) is 9.59 Å². The molecule has 3 rings (SSSR count). The number of cyclic esters (lactones) is 1. The van der Waals surface area contributed by atoms with Gasteiger partial charge in [-0.15, -0.1) is 0 Å². The van der Waals surface area contributed by atoms with Crippen molar-refractivity contribution in [2.75, 3.05) is 14.2 Å². The number of aliphatic imine (C=N–C) groups is 1. The molecule has 1 heterocycles. The zero-order valence-corrected chi connectivity index (χ0v) is 17.0. The van der Waals surface area contributed by atoms with Gasteiger partial charge < -0.3 is 14.2 Å². The molecule has 2 aliphatic rings. The predicted octanol–water partition coefficient (Wildman–Crippen LogP) is 3.86. The molecule has 7 heteroatoms. The molecule has 1 saturated carbocycles. The highest BCUT2D eigenvalue weighted by Crippen LogP contribution is 2.43. The van der Waals surface area contributed by atoms with Crippen LogP contribution in [0.4, 0.5) is 5.69 Å². The smallest absolute Gasteiger partial charge is 0.341 e. The van der Waals surface area contributed by atoms with E-state index in [0.717, 1.165) is 31.2 Å². The minimum Gasteiger partial charge on any atom is -0.496 e. The van der Waals surface area contributed by atoms with Crippen molar-refractivity contribution in [1.29, 1.82) is 0 Å². The molecule has 1 aliphatic heterocycles. The van der Waals surface area contributed by atoms with Gasteiger partial charge in [0.1, 0.15) is 12.4 Å². The monoisotopic (exact) mass is 399 g/mol. The number of fused-ring (bicyclic) bond motifs is 1. The Labute approximate surface area is 169 Å². The third-order valence-electron chi connectivity index (χ3n) is 5.81. The van der Waals surface area contributed by atoms with Gasteiger partial charge in [0.25, 0.3) is 0 Å². The topological polar surface area (TPSA) is 91.3 Å². The van der Waals surface area contributed by atoms with Crippen LogP contribution < -0.4 is 4.74 Å². The summed E-state index contributed by atoms with van der Waals surface area (Å²) in [7, 11) is 2.95. The number of methoxy groups -OCH3 is 2. The van der Waals surface area contributed by atoms with Gasteiger partial charge in [-0.1, -0.05) is 18.1 Å². The van der Waals surface area contributed by atoms with Crippen molar-refractivity contribution in [2.24, 2.45) is 10.9 Å². The molecule has 1 aromatic rings. The maximum absolute atomic E-state index is 12.3. The summed E-state index contributed by atoms with van der Waals surface area (Å²) in [5.41, 5.74) is 3.91. The number of benzene rings is 1. The fourth-order valence-corrected chi connectivity index (χ4v) is 4.33. The second-order valence-corrected chi connectivity index (χ2v) is 7.32. The molecular weight excluding hydrogens is 374 g/mol. The average molecular weight is 399 g/mol. The third-order valence-corrected chi connectivity index (χ3v) is 5.81. The number of esters is 2. The maximum Gasteiger partial charge on any atom is 0.341 e. The number of carbonyl (C=O) groups is 2. The average Bonchev–Trinajstić information content (AvgIpc) is 3.11. The highest BCUT2D eigenvalue weighted by atomic mass is 16.5. The van der Waals surface area contributed by atoms with Gasteiger partial charge in [0, 0.05) is 11.1 Å². The summed E-state index contributed by atoms with van der Waals surface area (Å²) in [5.74, 6) is 0.0200. The lowest BCUT2D eigenvalue weighted by atomic mass is 9.81. The fraction of sp³-hybridized carbons (Fsp3) is 0.500. The van der Waals surface area contributed by atoms with E-state index in [1.807, 2.05) is 6.92 Å². The van der Waals surface area contributed by atoms with E-state index in [1.165, 1.54) is 12.7 Å². The van der Waals surface area contributed by atoms with Crippen LogP contribution in [-0.4, -0.2) is 32.2 Å². The molecule has 0 N–H and O–H groups in total. The molecular formula is C22H25NO6. The second-order valence-electron chi connectivity index (χ2n) is 7.32. The van der Waals surface area contributed by atoms with Gasteiger partial charge in [0.15, 0.2) is 0 Å². The quantitative estimate of drug-likeness (QED) is 0.312. The van der Waals surface area contributed by atoms with Crippen LogP contribution in [-0.2, 0) is 32.1 Å². The van der Waals surface area contributed by atoms with Crippen molar-refractivity contribution < 1.29 is 28.6 Å². The van der Waals surface area contributed by atoms with Crippen LogP contribution in [0.2, 0.25) is 0 Å². The largest absolute Gasteiger partial charge is 0.496 e. The second kappa shape index (κ2) is 9.05. The molecule has 1 unspecified atom stereocenters. The van der Waals surface area contributed by atoms with E-state index in [1.54, 1.807) is 13.2 Å². The Kier molecular flexibility index (Phi) is 6.49. The molecule has 7 nitrogen and oxygen atoms in total. The standard InChI is InChI=1S/C22H25NO6/c1-13-17-11-29-22(26)19(17)20(23-12-24)16(21(13)28-3)9-8-14-6-4-5-7-15(14)10-18(25)27-2/h8,15H,4-7,9-11H2,1-3H3. The molecule has 1 fully saturated rings. The summed E-state index contributed by atoms with van der Waals surface area (Å²) in [6, 6.07) is 0. The lowest BCUT2D eigenvalue weighted by molar-refractivity contribution is -0.141. The maximum atomic E-state index is 12.3. The van der Waals surface area contributed by atoms with Crippen molar-refractivity contribution in [2.45, 2.75) is 52.1 Å². The first-order valence-corrected chi connectivity index (χ1v) is 9.74. The van der Waals surface area contributed by atoms with Gasteiger partial charge in [0.05, 0.1) is 31.9 Å². The van der Waals surface area contributed by atoms with Crippen molar-refractivity contribution in [3.05, 3.63) is 33.9 Å². The van der Waals surface area contributed by atoms with Crippen molar-refractivity contribution >= 4 is 23.7 Å². The van der Waals surface area contributed by atoms with Crippen molar-refractivity contribution in [3.8, 4) is 5.75 Å². The minimum atomic E-state index is -0.491. The zero-order valence-electron chi connectivity index (χ0n) is 17.0. The summed E-state index contributed by atoms with van der Waals surface area (Å²) in [4.78, 5) is 38.9. The van der Waals surface area contributed by atoms with E-state index >= 15 is 0 Å². The van der Waals surface area contributed by atoms with Gasteiger partial charge in [-0.3, -0.25) is 4.79 Å². The van der Waals surface area contributed by atoms with Crippen LogP contribution in [0.1, 0.15) is 59.2 Å². The number of hydrogen-bond donors (Lipinski definition) is 0. The normalized spacial score (nSPS) is 19.3. The van der Waals surface area contributed by atoms with E-state index in [2.05, 4.69) is 11.1 Å². The molecule has 1 aromatic carbocycles. The minimum absolute atomic E-state index is 0.139. The van der Waals surface area contributed by atoms with Crippen LogP contribution >= 0.6 is 0 Å². The number of rotatable bonds is 6. The van der Waals surface area contributed by atoms with E-state index in [0.29, 0.717) is 35.3 Å². The molecule has 0 bridgehead atoms. The van der Waals surface area contributed by atoms with E-state index in [9.17, 15) is 14.4 Å². The van der Waals surface area contributed by atoms with Crippen LogP contribution in [0.5, 0.6) is 5.75 Å². The number of hydrogen-bond acceptors (Lipinski definition) is 7. The van der Waals surface area contributed by atoms with Gasteiger partial charge in [0.2, 0.25) is 6.08 Å². The van der Waals surface area contributed by atoms with Crippen molar-refractivity contribution in [1.82, 2.24) is 0 Å². The fourth-order valence-electron chi connectivity index (χ4n) is 4.33. The SMILES string of the molecule is COC(=O)CC1CCCCC1=CCc1c(N=C=O)c2c(c(C)c1OC)COC2=O. The Hall–Kier alpha value is -2.92. The summed E-state index contributed by atoms with van der Waals surface area (Å²) in [5, 5.41) is 0.